The molecule has 0 amide bonds. The van der Waals surface area contributed by atoms with E-state index in [1.807, 2.05) is 6.92 Å². The van der Waals surface area contributed by atoms with Crippen LogP contribution in [-0.2, 0) is 28.1 Å². The Labute approximate surface area is 218 Å². The Hall–Kier alpha value is -2.80. The summed E-state index contributed by atoms with van der Waals surface area (Å²) in [5.74, 6) is -0.408. The number of rotatable bonds is 12. The number of unbranched alkanes of at least 4 members (excludes halogenated alkanes) is 1. The molecule has 0 radical (unpaired) electrons. The molecule has 38 heavy (non-hydrogen) atoms. The van der Waals surface area contributed by atoms with Gasteiger partial charge >= 0.3 is 19.4 Å². The molecule has 1 aromatic carbocycles. The largest absolute Gasteiger partial charge is 0.465 e. The molecule has 208 valence electrons. The third-order valence-corrected chi connectivity index (χ3v) is 8.01. The predicted octanol–water partition coefficient (Wildman–Crippen LogP) is 1.48. The molecule has 0 bridgehead atoms. The number of aliphatic hydroxyl groups is 1. The molecule has 2 saturated heterocycles. The van der Waals surface area contributed by atoms with E-state index in [9.17, 15) is 24.1 Å². The monoisotopic (exact) mass is 553 g/mol. The molecule has 2 aliphatic rings. The van der Waals surface area contributed by atoms with Crippen molar-refractivity contribution in [1.29, 1.82) is 0 Å². The third kappa shape index (κ3) is 6.09. The summed E-state index contributed by atoms with van der Waals surface area (Å²) in [6.45, 7) is 3.55. The second-order valence-electron chi connectivity index (χ2n) is 9.11. The molecular weight excluding hydrogens is 521 g/mol. The molecule has 2 aliphatic heterocycles. The van der Waals surface area contributed by atoms with Gasteiger partial charge in [0.05, 0.1) is 19.8 Å². The first-order chi connectivity index (χ1) is 18.2. The zero-order chi connectivity index (χ0) is 27.3. The van der Waals surface area contributed by atoms with Gasteiger partial charge < -0.3 is 23.8 Å². The summed E-state index contributed by atoms with van der Waals surface area (Å²) in [6.07, 6.45) is -0.261. The van der Waals surface area contributed by atoms with E-state index in [-0.39, 0.29) is 12.4 Å². The van der Waals surface area contributed by atoms with Crippen molar-refractivity contribution in [3.05, 3.63) is 63.4 Å². The number of nitrogens with one attached hydrogen (secondary N) is 2. The van der Waals surface area contributed by atoms with Crippen molar-refractivity contribution < 1.29 is 37.7 Å². The maximum Gasteiger partial charge on any atom is 0.459 e. The Kier molecular flexibility index (Phi) is 8.86. The zero-order valence-electron chi connectivity index (χ0n) is 21.1. The van der Waals surface area contributed by atoms with E-state index in [4.69, 9.17) is 23.3 Å². The van der Waals surface area contributed by atoms with E-state index < -0.39 is 61.7 Å². The number of hydrogen-bond donors (Lipinski definition) is 3. The highest BCUT2D eigenvalue weighted by molar-refractivity contribution is 7.52. The molecule has 1 spiro atoms. The quantitative estimate of drug-likeness (QED) is 0.198. The van der Waals surface area contributed by atoms with Crippen LogP contribution in [0.15, 0.2) is 52.2 Å². The van der Waals surface area contributed by atoms with Crippen molar-refractivity contribution in [2.75, 3.05) is 19.8 Å². The summed E-state index contributed by atoms with van der Waals surface area (Å²) >= 11 is 0. The predicted molar refractivity (Wildman–Crippen MR) is 134 cm³/mol. The highest BCUT2D eigenvalue weighted by atomic mass is 31.2. The summed E-state index contributed by atoms with van der Waals surface area (Å²) in [7, 11) is -4.21. The molecule has 13 nitrogen and oxygen atoms in total. The van der Waals surface area contributed by atoms with Crippen LogP contribution in [0.1, 0.15) is 39.3 Å². The molecule has 0 aliphatic carbocycles. The summed E-state index contributed by atoms with van der Waals surface area (Å²) in [5.41, 5.74) is -2.58. The number of carbonyl (C=O) groups is 1. The van der Waals surface area contributed by atoms with Gasteiger partial charge in [-0.2, -0.15) is 5.09 Å². The number of benzene rings is 1. The van der Waals surface area contributed by atoms with Crippen molar-refractivity contribution in [1.82, 2.24) is 14.6 Å². The van der Waals surface area contributed by atoms with Crippen LogP contribution in [0.3, 0.4) is 0 Å². The standard InChI is InChI=1S/C24H32N3O10P/c1-3-4-13-33-21(30)16(2)26-38(32,37-17-8-6-5-7-9-17)35-15-18-20(29)24(11-14-34-24)22(36-18)27-12-10-19(28)25-23(27)31/h5-10,12,16,18,20,22,29H,3-4,11,13-15H2,1-2H3,(H,26,32)(H,25,28,31)/t16-,18?,20+,22+,24+,38-/m0/s1. The molecular formula is C24H32N3O10P. The molecule has 3 N–H and O–H groups in total. The van der Waals surface area contributed by atoms with Crippen LogP contribution in [-0.4, -0.2) is 64.3 Å². The zero-order valence-corrected chi connectivity index (χ0v) is 22.0. The fourth-order valence-corrected chi connectivity index (χ4v) is 5.74. The molecule has 0 saturated carbocycles. The topological polar surface area (TPSA) is 167 Å². The van der Waals surface area contributed by atoms with Gasteiger partial charge in [-0.1, -0.05) is 31.5 Å². The molecule has 2 aromatic rings. The van der Waals surface area contributed by atoms with Gasteiger partial charge in [0, 0.05) is 18.7 Å². The Morgan fingerprint density at radius 1 is 1.32 bits per heavy atom. The minimum atomic E-state index is -4.21. The number of carbonyl (C=O) groups excluding carboxylic acids is 1. The fourth-order valence-electron chi connectivity index (χ4n) is 4.24. The van der Waals surface area contributed by atoms with Crippen molar-refractivity contribution in [2.45, 2.75) is 63.2 Å². The van der Waals surface area contributed by atoms with E-state index >= 15 is 0 Å². The lowest BCUT2D eigenvalue weighted by Crippen LogP contribution is -2.57. The number of hydrogen-bond acceptors (Lipinski definition) is 10. The summed E-state index contributed by atoms with van der Waals surface area (Å²) in [6, 6.07) is 8.35. The van der Waals surface area contributed by atoms with E-state index in [1.54, 1.807) is 30.3 Å². The number of aromatic nitrogens is 2. The maximum atomic E-state index is 13.8. The minimum Gasteiger partial charge on any atom is -0.465 e. The third-order valence-electron chi connectivity index (χ3n) is 6.37. The normalized spacial score (nSPS) is 26.9. The van der Waals surface area contributed by atoms with Crippen LogP contribution in [0, 0.1) is 0 Å². The lowest BCUT2D eigenvalue weighted by molar-refractivity contribution is -0.227. The number of aliphatic hydroxyl groups excluding tert-OH is 1. The molecule has 3 heterocycles. The van der Waals surface area contributed by atoms with Gasteiger partial charge in [0.15, 0.2) is 6.23 Å². The lowest BCUT2D eigenvalue weighted by atomic mass is 9.86. The first-order valence-corrected chi connectivity index (χ1v) is 13.9. The smallest absolute Gasteiger partial charge is 0.459 e. The van der Waals surface area contributed by atoms with Gasteiger partial charge in [0.25, 0.3) is 5.56 Å². The van der Waals surface area contributed by atoms with Crippen LogP contribution in [0.2, 0.25) is 0 Å². The van der Waals surface area contributed by atoms with Crippen LogP contribution < -0.4 is 20.9 Å². The Morgan fingerprint density at radius 3 is 2.68 bits per heavy atom. The van der Waals surface area contributed by atoms with E-state index in [0.717, 1.165) is 17.1 Å². The van der Waals surface area contributed by atoms with Crippen LogP contribution >= 0.6 is 7.75 Å². The molecule has 4 rings (SSSR count). The average Bonchev–Trinajstić information content (AvgIpc) is 3.15. The second kappa shape index (κ2) is 11.9. The van der Waals surface area contributed by atoms with Crippen LogP contribution in [0.5, 0.6) is 5.75 Å². The summed E-state index contributed by atoms with van der Waals surface area (Å²) < 4.78 is 43.0. The van der Waals surface area contributed by atoms with E-state index in [0.29, 0.717) is 19.4 Å². The number of ether oxygens (including phenoxy) is 3. The van der Waals surface area contributed by atoms with Gasteiger partial charge in [-0.3, -0.25) is 23.7 Å². The number of esters is 1. The highest BCUT2D eigenvalue weighted by Gasteiger charge is 2.62. The van der Waals surface area contributed by atoms with Crippen molar-refractivity contribution in [3.8, 4) is 5.75 Å². The number of para-hydroxylation sites is 1. The Bertz CT molecular complexity index is 1260. The van der Waals surface area contributed by atoms with Crippen molar-refractivity contribution in [3.63, 3.8) is 0 Å². The Morgan fingerprint density at radius 2 is 2.05 bits per heavy atom. The number of nitrogens with zero attached hydrogens (tertiary/aromatic N) is 1. The van der Waals surface area contributed by atoms with Gasteiger partial charge in [-0.05, 0) is 25.5 Å². The van der Waals surface area contributed by atoms with Gasteiger partial charge in [-0.25, -0.2) is 9.36 Å². The maximum absolute atomic E-state index is 13.8. The lowest BCUT2D eigenvalue weighted by Gasteiger charge is -2.44. The molecule has 1 aromatic heterocycles. The van der Waals surface area contributed by atoms with Gasteiger partial charge in [0.1, 0.15) is 29.6 Å². The van der Waals surface area contributed by atoms with Gasteiger partial charge in [0.2, 0.25) is 0 Å². The summed E-state index contributed by atoms with van der Waals surface area (Å²) in [5, 5.41) is 13.7. The van der Waals surface area contributed by atoms with Crippen LogP contribution in [0.4, 0.5) is 0 Å². The molecule has 2 fully saturated rings. The first kappa shape index (κ1) is 28.2. The van der Waals surface area contributed by atoms with E-state index in [2.05, 4.69) is 10.1 Å². The average molecular weight is 554 g/mol. The minimum absolute atomic E-state index is 0.222. The molecule has 1 unspecified atom stereocenters. The molecule has 14 heteroatoms. The summed E-state index contributed by atoms with van der Waals surface area (Å²) in [4.78, 5) is 38.5. The number of H-pyrrole nitrogens is 1. The fraction of sp³-hybridized carbons (Fsp3) is 0.542. The molecule has 6 atom stereocenters. The number of aromatic amines is 1. The highest BCUT2D eigenvalue weighted by Crippen LogP contribution is 2.50. The second-order valence-corrected chi connectivity index (χ2v) is 10.8. The van der Waals surface area contributed by atoms with Crippen molar-refractivity contribution in [2.24, 2.45) is 0 Å². The van der Waals surface area contributed by atoms with Crippen LogP contribution in [0.25, 0.3) is 0 Å². The Balaban J connectivity index is 1.51. The van der Waals surface area contributed by atoms with Crippen molar-refractivity contribution >= 4 is 13.7 Å². The van der Waals surface area contributed by atoms with E-state index in [1.165, 1.54) is 13.1 Å². The van der Waals surface area contributed by atoms with Gasteiger partial charge in [-0.15, -0.1) is 0 Å². The SMILES string of the molecule is CCCCOC(=O)[C@H](C)N[P@](=O)(OCC1O[C@@H](n2ccc(=O)[nH]c2=O)[C@@]2(CCO2)[C@@H]1O)Oc1ccccc1. The first-order valence-electron chi connectivity index (χ1n) is 12.4.